The Morgan fingerprint density at radius 3 is 2.86 bits per heavy atom. The lowest BCUT2D eigenvalue weighted by molar-refractivity contribution is 0.0307. The number of rotatable bonds is 3. The number of aromatic nitrogens is 2. The van der Waals surface area contributed by atoms with E-state index >= 15 is 0 Å². The zero-order valence-corrected chi connectivity index (χ0v) is 13.0. The number of imidazole rings is 1. The van der Waals surface area contributed by atoms with E-state index in [0.717, 1.165) is 19.4 Å². The normalized spacial score (nSPS) is 31.6. The SMILES string of the molecule is Cn1cnc(S(=O)(=O)N2CC(N)C([C@@H]3CCCOC3)C2)c1. The monoisotopic (exact) mass is 314 g/mol. The molecule has 2 aliphatic rings. The van der Waals surface area contributed by atoms with Crippen LogP contribution in [-0.4, -0.2) is 54.6 Å². The number of hydrogen-bond acceptors (Lipinski definition) is 5. The molecule has 2 fully saturated rings. The number of sulfonamides is 1. The Morgan fingerprint density at radius 2 is 2.24 bits per heavy atom. The van der Waals surface area contributed by atoms with Crippen LogP contribution in [0.4, 0.5) is 0 Å². The first-order valence-corrected chi connectivity index (χ1v) is 8.74. The molecule has 3 rings (SSSR count). The molecule has 7 nitrogen and oxygen atoms in total. The van der Waals surface area contributed by atoms with Gasteiger partial charge in [0.2, 0.25) is 0 Å². The van der Waals surface area contributed by atoms with E-state index in [0.29, 0.717) is 25.6 Å². The van der Waals surface area contributed by atoms with Gasteiger partial charge in [0.15, 0.2) is 5.03 Å². The number of nitrogens with two attached hydrogens (primary N) is 1. The minimum atomic E-state index is -3.54. The Bertz CT molecular complexity index is 594. The summed E-state index contributed by atoms with van der Waals surface area (Å²) in [4.78, 5) is 3.96. The molecule has 8 heteroatoms. The molecule has 0 spiro atoms. The van der Waals surface area contributed by atoms with E-state index in [2.05, 4.69) is 4.98 Å². The van der Waals surface area contributed by atoms with E-state index in [1.165, 1.54) is 16.8 Å². The molecule has 118 valence electrons. The highest BCUT2D eigenvalue weighted by molar-refractivity contribution is 7.89. The van der Waals surface area contributed by atoms with Crippen molar-refractivity contribution in [3.05, 3.63) is 12.5 Å². The third-order valence-corrected chi connectivity index (χ3v) is 6.18. The van der Waals surface area contributed by atoms with Crippen molar-refractivity contribution in [3.8, 4) is 0 Å². The number of ether oxygens (including phenoxy) is 1. The summed E-state index contributed by atoms with van der Waals surface area (Å²) in [6.07, 6.45) is 5.12. The molecule has 21 heavy (non-hydrogen) atoms. The summed E-state index contributed by atoms with van der Waals surface area (Å²) >= 11 is 0. The fourth-order valence-corrected chi connectivity index (χ4v) is 4.75. The second kappa shape index (κ2) is 5.68. The van der Waals surface area contributed by atoms with Crippen molar-refractivity contribution in [2.24, 2.45) is 24.6 Å². The van der Waals surface area contributed by atoms with Crippen molar-refractivity contribution < 1.29 is 13.2 Å². The predicted molar refractivity (Wildman–Crippen MR) is 77.0 cm³/mol. The Balaban J connectivity index is 1.75. The first-order chi connectivity index (χ1) is 9.98. The van der Waals surface area contributed by atoms with Gasteiger partial charge in [0.05, 0.1) is 6.33 Å². The summed E-state index contributed by atoms with van der Waals surface area (Å²) in [7, 11) is -1.79. The van der Waals surface area contributed by atoms with Gasteiger partial charge in [0.25, 0.3) is 10.0 Å². The first kappa shape index (κ1) is 15.0. The molecule has 3 atom stereocenters. The molecule has 1 aromatic heterocycles. The van der Waals surface area contributed by atoms with Crippen molar-refractivity contribution in [2.75, 3.05) is 26.3 Å². The van der Waals surface area contributed by atoms with Gasteiger partial charge in [-0.25, -0.2) is 13.4 Å². The molecule has 2 saturated heterocycles. The highest BCUT2D eigenvalue weighted by atomic mass is 32.2. The molecule has 0 bridgehead atoms. The lowest BCUT2D eigenvalue weighted by Crippen LogP contribution is -2.37. The smallest absolute Gasteiger partial charge is 0.262 e. The first-order valence-electron chi connectivity index (χ1n) is 7.30. The second-order valence-corrected chi connectivity index (χ2v) is 7.89. The minimum absolute atomic E-state index is 0.0951. The van der Waals surface area contributed by atoms with E-state index in [1.54, 1.807) is 11.6 Å². The van der Waals surface area contributed by atoms with Gasteiger partial charge in [-0.1, -0.05) is 0 Å². The molecule has 3 heterocycles. The molecule has 1 aromatic rings. The zero-order valence-electron chi connectivity index (χ0n) is 12.2. The van der Waals surface area contributed by atoms with Gasteiger partial charge < -0.3 is 15.0 Å². The average Bonchev–Trinajstić information content (AvgIpc) is 3.07. The van der Waals surface area contributed by atoms with Gasteiger partial charge in [-0.05, 0) is 24.7 Å². The number of hydrogen-bond donors (Lipinski definition) is 1. The predicted octanol–water partition coefficient (Wildman–Crippen LogP) is -0.205. The highest BCUT2D eigenvalue weighted by Crippen LogP contribution is 2.31. The zero-order chi connectivity index (χ0) is 15.0. The summed E-state index contributed by atoms with van der Waals surface area (Å²) in [5, 5.41) is 0.0951. The van der Waals surface area contributed by atoms with Crippen LogP contribution in [0.5, 0.6) is 0 Å². The van der Waals surface area contributed by atoms with Crippen LogP contribution >= 0.6 is 0 Å². The van der Waals surface area contributed by atoms with Crippen LogP contribution in [0.25, 0.3) is 0 Å². The Labute approximate surface area is 125 Å². The third-order valence-electron chi connectivity index (χ3n) is 4.47. The van der Waals surface area contributed by atoms with Crippen LogP contribution in [0.3, 0.4) is 0 Å². The van der Waals surface area contributed by atoms with Crippen LogP contribution in [0.15, 0.2) is 17.6 Å². The van der Waals surface area contributed by atoms with Crippen molar-refractivity contribution >= 4 is 10.0 Å². The van der Waals surface area contributed by atoms with Gasteiger partial charge in [-0.2, -0.15) is 4.31 Å². The fraction of sp³-hybridized carbons (Fsp3) is 0.769. The summed E-state index contributed by atoms with van der Waals surface area (Å²) in [6.45, 7) is 2.32. The van der Waals surface area contributed by atoms with Crippen molar-refractivity contribution in [3.63, 3.8) is 0 Å². The maximum atomic E-state index is 12.6. The molecule has 0 saturated carbocycles. The third kappa shape index (κ3) is 2.85. The van der Waals surface area contributed by atoms with E-state index < -0.39 is 10.0 Å². The van der Waals surface area contributed by atoms with E-state index in [-0.39, 0.29) is 17.0 Å². The van der Waals surface area contributed by atoms with Crippen molar-refractivity contribution in [1.82, 2.24) is 13.9 Å². The van der Waals surface area contributed by atoms with Crippen molar-refractivity contribution in [2.45, 2.75) is 23.9 Å². The molecule has 2 aliphatic heterocycles. The maximum absolute atomic E-state index is 12.6. The van der Waals surface area contributed by atoms with E-state index in [9.17, 15) is 8.42 Å². The fourth-order valence-electron chi connectivity index (χ4n) is 3.27. The Kier molecular flexibility index (Phi) is 4.04. The molecule has 0 radical (unpaired) electrons. The highest BCUT2D eigenvalue weighted by Gasteiger charge is 2.42. The van der Waals surface area contributed by atoms with Gasteiger partial charge >= 0.3 is 0 Å². The summed E-state index contributed by atoms with van der Waals surface area (Å²) in [5.41, 5.74) is 6.19. The Hall–Kier alpha value is -0.960. The maximum Gasteiger partial charge on any atom is 0.262 e. The van der Waals surface area contributed by atoms with Crippen LogP contribution in [0, 0.1) is 11.8 Å². The molecular formula is C13H22N4O3S. The van der Waals surface area contributed by atoms with Crippen LogP contribution < -0.4 is 5.73 Å². The molecule has 0 amide bonds. The molecule has 2 N–H and O–H groups in total. The quantitative estimate of drug-likeness (QED) is 0.834. The number of nitrogens with zero attached hydrogens (tertiary/aromatic N) is 3. The van der Waals surface area contributed by atoms with Crippen LogP contribution in [0.1, 0.15) is 12.8 Å². The van der Waals surface area contributed by atoms with Crippen LogP contribution in [-0.2, 0) is 21.8 Å². The molecular weight excluding hydrogens is 292 g/mol. The van der Waals surface area contributed by atoms with Gasteiger partial charge in [0.1, 0.15) is 0 Å². The van der Waals surface area contributed by atoms with E-state index in [1.807, 2.05) is 0 Å². The van der Waals surface area contributed by atoms with E-state index in [4.69, 9.17) is 10.5 Å². The molecule has 0 aromatic carbocycles. The summed E-state index contributed by atoms with van der Waals surface area (Å²) in [6, 6.07) is -0.129. The van der Waals surface area contributed by atoms with Gasteiger partial charge in [0, 0.05) is 45.6 Å². The molecule has 2 unspecified atom stereocenters. The second-order valence-electron chi connectivity index (χ2n) is 6.00. The summed E-state index contributed by atoms with van der Waals surface area (Å²) < 4.78 is 33.8. The lowest BCUT2D eigenvalue weighted by atomic mass is 9.85. The largest absolute Gasteiger partial charge is 0.381 e. The van der Waals surface area contributed by atoms with Crippen LogP contribution in [0.2, 0.25) is 0 Å². The van der Waals surface area contributed by atoms with Crippen molar-refractivity contribution in [1.29, 1.82) is 0 Å². The summed E-state index contributed by atoms with van der Waals surface area (Å²) in [5.74, 6) is 0.529. The van der Waals surface area contributed by atoms with Gasteiger partial charge in [-0.3, -0.25) is 0 Å². The molecule has 0 aliphatic carbocycles. The minimum Gasteiger partial charge on any atom is -0.381 e. The van der Waals surface area contributed by atoms with Gasteiger partial charge in [-0.15, -0.1) is 0 Å². The topological polar surface area (TPSA) is 90.5 Å². The average molecular weight is 314 g/mol. The standard InChI is InChI=1S/C13H22N4O3S/c1-16-7-13(15-9-16)21(18,19)17-5-11(12(14)6-17)10-3-2-4-20-8-10/h7,9-12H,2-6,8,14H2,1H3/t10-,11?,12?/m1/s1. The number of aryl methyl sites for hydroxylation is 1. The Morgan fingerprint density at radius 1 is 1.43 bits per heavy atom. The lowest BCUT2D eigenvalue weighted by Gasteiger charge is -2.29.